The number of carbonyl (C=O) groups excluding carboxylic acids is 1. The van der Waals surface area contributed by atoms with Crippen LogP contribution in [0.25, 0.3) is 21.8 Å². The van der Waals surface area contributed by atoms with Crippen LogP contribution in [0.4, 0.5) is 0 Å². The van der Waals surface area contributed by atoms with Crippen molar-refractivity contribution in [3.8, 4) is 0 Å². The number of aromatic nitrogens is 1. The SMILES string of the molecule is COCc1c[c]c2c3c(C(N)=O)cccc3n(Cc3cccc(I)c3)c2c1. The summed E-state index contributed by atoms with van der Waals surface area (Å²) in [6.45, 7) is 1.21. The van der Waals surface area contributed by atoms with Crippen molar-refractivity contribution in [3.63, 3.8) is 0 Å². The van der Waals surface area contributed by atoms with E-state index in [1.54, 1.807) is 13.2 Å². The van der Waals surface area contributed by atoms with Crippen LogP contribution in [0.15, 0.2) is 54.6 Å². The summed E-state index contributed by atoms with van der Waals surface area (Å²) >= 11 is 2.32. The third kappa shape index (κ3) is 3.33. The molecule has 27 heavy (non-hydrogen) atoms. The first-order valence-corrected chi connectivity index (χ1v) is 9.65. The van der Waals surface area contributed by atoms with Gasteiger partial charge in [-0.1, -0.05) is 18.2 Å². The molecule has 1 radical (unpaired) electrons. The largest absolute Gasteiger partial charge is 0.380 e. The Morgan fingerprint density at radius 3 is 2.70 bits per heavy atom. The summed E-state index contributed by atoms with van der Waals surface area (Å²) in [6.07, 6.45) is 0. The first-order valence-electron chi connectivity index (χ1n) is 8.57. The van der Waals surface area contributed by atoms with Gasteiger partial charge in [-0.25, -0.2) is 0 Å². The molecule has 0 bridgehead atoms. The maximum atomic E-state index is 12.0. The van der Waals surface area contributed by atoms with Crippen molar-refractivity contribution in [1.29, 1.82) is 0 Å². The van der Waals surface area contributed by atoms with Crippen LogP contribution >= 0.6 is 22.6 Å². The summed E-state index contributed by atoms with van der Waals surface area (Å²) in [7, 11) is 1.68. The highest BCUT2D eigenvalue weighted by Crippen LogP contribution is 2.33. The number of hydrogen-bond donors (Lipinski definition) is 1. The van der Waals surface area contributed by atoms with Crippen LogP contribution in [0, 0.1) is 9.64 Å². The van der Waals surface area contributed by atoms with E-state index in [0.29, 0.717) is 18.7 Å². The lowest BCUT2D eigenvalue weighted by molar-refractivity contribution is 0.100. The topological polar surface area (TPSA) is 57.2 Å². The van der Waals surface area contributed by atoms with Crippen molar-refractivity contribution in [1.82, 2.24) is 4.57 Å². The van der Waals surface area contributed by atoms with E-state index in [0.717, 1.165) is 27.4 Å². The molecule has 1 heterocycles. The molecule has 135 valence electrons. The third-order valence-corrected chi connectivity index (χ3v) is 5.33. The van der Waals surface area contributed by atoms with Crippen molar-refractivity contribution in [2.75, 3.05) is 7.11 Å². The summed E-state index contributed by atoms with van der Waals surface area (Å²) < 4.78 is 8.69. The van der Waals surface area contributed by atoms with Crippen LogP contribution in [-0.4, -0.2) is 17.6 Å². The Morgan fingerprint density at radius 1 is 1.15 bits per heavy atom. The molecule has 0 saturated heterocycles. The van der Waals surface area contributed by atoms with Crippen LogP contribution in [0.1, 0.15) is 21.5 Å². The maximum absolute atomic E-state index is 12.0. The molecule has 4 nitrogen and oxygen atoms in total. The molecular weight excluding hydrogens is 451 g/mol. The fourth-order valence-corrected chi connectivity index (χ4v) is 4.15. The number of nitrogens with zero attached hydrogens (tertiary/aromatic N) is 1. The lowest BCUT2D eigenvalue weighted by Crippen LogP contribution is -2.11. The lowest BCUT2D eigenvalue weighted by Gasteiger charge is -2.09. The number of nitrogens with two attached hydrogens (primary N) is 1. The molecule has 0 atom stereocenters. The summed E-state index contributed by atoms with van der Waals surface area (Å²) in [5.41, 5.74) is 10.4. The number of hydrogen-bond acceptors (Lipinski definition) is 2. The van der Waals surface area contributed by atoms with Crippen molar-refractivity contribution in [2.45, 2.75) is 13.2 Å². The molecule has 0 unspecified atom stereocenters. The van der Waals surface area contributed by atoms with E-state index in [1.165, 1.54) is 9.13 Å². The first kappa shape index (κ1) is 18.0. The van der Waals surface area contributed by atoms with E-state index in [1.807, 2.05) is 18.2 Å². The molecular formula is C22H18IN2O2. The Morgan fingerprint density at radius 2 is 1.96 bits per heavy atom. The standard InChI is InChI=1S/C22H18IN2O2/c1-27-13-15-8-9-17-20(11-15)25(12-14-4-2-5-16(23)10-14)19-7-3-6-18(21(17)19)22(24)26/h2-8,10-11H,12-13H2,1H3,(H2,24,26). The van der Waals surface area contributed by atoms with E-state index >= 15 is 0 Å². The molecule has 2 N–H and O–H groups in total. The van der Waals surface area contributed by atoms with Gasteiger partial charge < -0.3 is 15.0 Å². The number of methoxy groups -OCH3 is 1. The third-order valence-electron chi connectivity index (χ3n) is 4.66. The molecule has 0 saturated carbocycles. The highest BCUT2D eigenvalue weighted by atomic mass is 127. The number of carbonyl (C=O) groups is 1. The summed E-state index contributed by atoms with van der Waals surface area (Å²) in [6, 6.07) is 21.5. The van der Waals surface area contributed by atoms with Crippen molar-refractivity contribution < 1.29 is 9.53 Å². The van der Waals surface area contributed by atoms with Gasteiger partial charge in [-0.2, -0.15) is 0 Å². The maximum Gasteiger partial charge on any atom is 0.249 e. The molecule has 1 amide bonds. The lowest BCUT2D eigenvalue weighted by atomic mass is 10.0. The molecule has 4 aromatic rings. The second-order valence-corrected chi connectivity index (χ2v) is 7.73. The van der Waals surface area contributed by atoms with Crippen molar-refractivity contribution in [3.05, 3.63) is 80.9 Å². The second-order valence-electron chi connectivity index (χ2n) is 6.48. The average molecular weight is 469 g/mol. The van der Waals surface area contributed by atoms with Crippen LogP contribution in [0.3, 0.4) is 0 Å². The highest BCUT2D eigenvalue weighted by molar-refractivity contribution is 14.1. The zero-order valence-electron chi connectivity index (χ0n) is 14.8. The van der Waals surface area contributed by atoms with E-state index < -0.39 is 5.91 Å². The smallest absolute Gasteiger partial charge is 0.249 e. The minimum atomic E-state index is -0.428. The number of amides is 1. The predicted molar refractivity (Wildman–Crippen MR) is 116 cm³/mol. The monoisotopic (exact) mass is 469 g/mol. The van der Waals surface area contributed by atoms with E-state index in [9.17, 15) is 4.79 Å². The highest BCUT2D eigenvalue weighted by Gasteiger charge is 2.17. The Kier molecular flexibility index (Phi) is 4.88. The normalized spacial score (nSPS) is 11.3. The van der Waals surface area contributed by atoms with Crippen LogP contribution in [0.2, 0.25) is 0 Å². The van der Waals surface area contributed by atoms with Gasteiger partial charge in [0.15, 0.2) is 0 Å². The van der Waals surface area contributed by atoms with Crippen molar-refractivity contribution >= 4 is 50.3 Å². The van der Waals surface area contributed by atoms with Gasteiger partial charge in [-0.05, 0) is 76.2 Å². The van der Waals surface area contributed by atoms with Gasteiger partial charge in [-0.3, -0.25) is 4.79 Å². The van der Waals surface area contributed by atoms with E-state index in [2.05, 4.69) is 63.6 Å². The van der Waals surface area contributed by atoms with Gasteiger partial charge in [0.05, 0.1) is 17.6 Å². The molecule has 0 aliphatic heterocycles. The minimum absolute atomic E-state index is 0.428. The second kappa shape index (κ2) is 7.32. The number of primary amides is 1. The van der Waals surface area contributed by atoms with E-state index in [-0.39, 0.29) is 0 Å². The van der Waals surface area contributed by atoms with Gasteiger partial charge in [0.1, 0.15) is 0 Å². The number of benzene rings is 3. The molecule has 1 aromatic heterocycles. The fourth-order valence-electron chi connectivity index (χ4n) is 3.54. The molecule has 0 fully saturated rings. The summed E-state index contributed by atoms with van der Waals surface area (Å²) in [5, 5.41) is 1.76. The zero-order valence-corrected chi connectivity index (χ0v) is 17.0. The Hall–Kier alpha value is -2.38. The Bertz CT molecular complexity index is 1160. The van der Waals surface area contributed by atoms with Gasteiger partial charge in [0, 0.05) is 33.6 Å². The fraction of sp³-hybridized carbons (Fsp3) is 0.136. The Balaban J connectivity index is 2.02. The molecule has 4 rings (SSSR count). The Labute approximate surface area is 171 Å². The number of ether oxygens (including phenoxy) is 1. The summed E-state index contributed by atoms with van der Waals surface area (Å²) in [5.74, 6) is -0.428. The number of rotatable bonds is 5. The molecule has 5 heteroatoms. The van der Waals surface area contributed by atoms with E-state index in [4.69, 9.17) is 10.5 Å². The number of fused-ring (bicyclic) bond motifs is 3. The van der Waals surface area contributed by atoms with Gasteiger partial charge in [0.25, 0.3) is 0 Å². The van der Waals surface area contributed by atoms with Crippen LogP contribution in [-0.2, 0) is 17.9 Å². The number of halogens is 1. The molecule has 0 spiro atoms. The van der Waals surface area contributed by atoms with Crippen molar-refractivity contribution in [2.24, 2.45) is 5.73 Å². The van der Waals surface area contributed by atoms with Crippen LogP contribution < -0.4 is 5.73 Å². The van der Waals surface area contributed by atoms with Gasteiger partial charge in [0.2, 0.25) is 5.91 Å². The van der Waals surface area contributed by atoms with Gasteiger partial charge >= 0.3 is 0 Å². The molecule has 0 aliphatic rings. The zero-order chi connectivity index (χ0) is 19.0. The first-order chi connectivity index (χ1) is 13.1. The summed E-state index contributed by atoms with van der Waals surface area (Å²) in [4.78, 5) is 12.0. The average Bonchev–Trinajstić information content (AvgIpc) is 2.95. The minimum Gasteiger partial charge on any atom is -0.380 e. The van der Waals surface area contributed by atoms with Gasteiger partial charge in [-0.15, -0.1) is 0 Å². The predicted octanol–water partition coefficient (Wildman–Crippen LogP) is 4.49. The quantitative estimate of drug-likeness (QED) is 0.438. The van der Waals surface area contributed by atoms with Crippen LogP contribution in [0.5, 0.6) is 0 Å². The molecule has 0 aliphatic carbocycles. The molecule has 3 aromatic carbocycles.